The standard InChI is InChI=1S/C24H31N2O3/c25-22(17-19-7-3-1-4-8-19)24(27)29-23-18-26(13-11-20(23)12-14-26)15-16-28-21-9-5-2-6-10-21/h1-10,20,22-23H,11-18,25H2/q+1/t20?,22-,23-,26?/m0/s1. The minimum absolute atomic E-state index is 0.0245. The number of piperidine rings is 3. The number of fused-ring (bicyclic) bond motifs is 3. The van der Waals surface area contributed by atoms with Gasteiger partial charge in [0.2, 0.25) is 0 Å². The van der Waals surface area contributed by atoms with Crippen molar-refractivity contribution in [3.05, 3.63) is 66.2 Å². The number of nitrogens with two attached hydrogens (primary N) is 1. The third-order valence-electron chi connectivity index (χ3n) is 6.49. The van der Waals surface area contributed by atoms with Gasteiger partial charge in [0, 0.05) is 18.8 Å². The van der Waals surface area contributed by atoms with Crippen LogP contribution in [0.2, 0.25) is 0 Å². The Hall–Kier alpha value is -2.37. The van der Waals surface area contributed by atoms with E-state index in [9.17, 15) is 4.79 Å². The van der Waals surface area contributed by atoms with Gasteiger partial charge < -0.3 is 19.7 Å². The third kappa shape index (κ3) is 4.98. The Morgan fingerprint density at radius 3 is 2.38 bits per heavy atom. The molecule has 2 atom stereocenters. The van der Waals surface area contributed by atoms with Gasteiger partial charge in [-0.2, -0.15) is 0 Å². The van der Waals surface area contributed by atoms with E-state index in [2.05, 4.69) is 0 Å². The molecule has 3 fully saturated rings. The zero-order chi connectivity index (χ0) is 20.1. The Morgan fingerprint density at radius 2 is 1.69 bits per heavy atom. The highest BCUT2D eigenvalue weighted by molar-refractivity contribution is 5.76. The molecule has 154 valence electrons. The highest BCUT2D eigenvalue weighted by Crippen LogP contribution is 2.35. The summed E-state index contributed by atoms with van der Waals surface area (Å²) in [5.74, 6) is 1.11. The van der Waals surface area contributed by atoms with Gasteiger partial charge in [0.05, 0.1) is 13.1 Å². The molecule has 2 bridgehead atoms. The Kier molecular flexibility index (Phi) is 6.16. The lowest BCUT2D eigenvalue weighted by Gasteiger charge is -2.52. The number of quaternary nitrogens is 1. The van der Waals surface area contributed by atoms with E-state index in [0.29, 0.717) is 18.9 Å². The predicted molar refractivity (Wildman–Crippen MR) is 112 cm³/mol. The highest BCUT2D eigenvalue weighted by atomic mass is 16.5. The number of para-hydroxylation sites is 1. The molecule has 2 aromatic rings. The lowest BCUT2D eigenvalue weighted by Crippen LogP contribution is -2.65. The smallest absolute Gasteiger partial charge is 0.323 e. The molecule has 0 radical (unpaired) electrons. The summed E-state index contributed by atoms with van der Waals surface area (Å²) in [6.07, 6.45) is 2.71. The highest BCUT2D eigenvalue weighted by Gasteiger charge is 2.47. The van der Waals surface area contributed by atoms with Crippen molar-refractivity contribution < 1.29 is 18.8 Å². The van der Waals surface area contributed by atoms with Crippen molar-refractivity contribution in [2.24, 2.45) is 11.7 Å². The average molecular weight is 396 g/mol. The minimum Gasteiger partial charge on any atom is -0.488 e. The van der Waals surface area contributed by atoms with E-state index in [4.69, 9.17) is 15.2 Å². The Morgan fingerprint density at radius 1 is 1.03 bits per heavy atom. The van der Waals surface area contributed by atoms with E-state index in [1.165, 1.54) is 0 Å². The topological polar surface area (TPSA) is 61.6 Å². The molecule has 0 spiro atoms. The summed E-state index contributed by atoms with van der Waals surface area (Å²) in [5.41, 5.74) is 7.20. The Labute approximate surface area is 173 Å². The molecule has 0 saturated carbocycles. The van der Waals surface area contributed by atoms with Gasteiger partial charge in [-0.3, -0.25) is 4.79 Å². The minimum atomic E-state index is -0.609. The van der Waals surface area contributed by atoms with Crippen LogP contribution in [0.1, 0.15) is 18.4 Å². The Bertz CT molecular complexity index is 788. The van der Waals surface area contributed by atoms with Crippen LogP contribution in [0.3, 0.4) is 0 Å². The fourth-order valence-corrected chi connectivity index (χ4v) is 4.73. The molecular weight excluding hydrogens is 364 g/mol. The normalized spacial score (nSPS) is 26.7. The maximum Gasteiger partial charge on any atom is 0.323 e. The lowest BCUT2D eigenvalue weighted by molar-refractivity contribution is -0.946. The van der Waals surface area contributed by atoms with Crippen LogP contribution < -0.4 is 10.5 Å². The molecule has 2 aromatic carbocycles. The zero-order valence-electron chi connectivity index (χ0n) is 16.9. The van der Waals surface area contributed by atoms with Crippen LogP contribution in [0.15, 0.2) is 60.7 Å². The molecule has 3 aliphatic heterocycles. The van der Waals surface area contributed by atoms with Crippen molar-refractivity contribution in [1.29, 1.82) is 0 Å². The van der Waals surface area contributed by atoms with Crippen molar-refractivity contribution in [3.8, 4) is 5.75 Å². The van der Waals surface area contributed by atoms with Gasteiger partial charge in [-0.15, -0.1) is 0 Å². The maximum absolute atomic E-state index is 12.6. The zero-order valence-corrected chi connectivity index (χ0v) is 16.9. The van der Waals surface area contributed by atoms with E-state index in [1.807, 2.05) is 60.7 Å². The van der Waals surface area contributed by atoms with Gasteiger partial charge in [-0.1, -0.05) is 48.5 Å². The molecule has 2 N–H and O–H groups in total. The summed E-state index contributed by atoms with van der Waals surface area (Å²) in [4.78, 5) is 12.6. The van der Waals surface area contributed by atoms with Crippen molar-refractivity contribution in [2.45, 2.75) is 31.4 Å². The summed E-state index contributed by atoms with van der Waals surface area (Å²) in [6.45, 7) is 4.81. The first-order chi connectivity index (χ1) is 14.1. The molecular formula is C24H31N2O3+. The molecule has 0 amide bonds. The van der Waals surface area contributed by atoms with Crippen LogP contribution in [0, 0.1) is 5.92 Å². The summed E-state index contributed by atoms with van der Waals surface area (Å²) in [6, 6.07) is 19.2. The lowest BCUT2D eigenvalue weighted by atomic mass is 9.83. The molecule has 3 saturated heterocycles. The van der Waals surface area contributed by atoms with Gasteiger partial charge >= 0.3 is 5.97 Å². The van der Waals surface area contributed by atoms with Crippen molar-refractivity contribution in [3.63, 3.8) is 0 Å². The van der Waals surface area contributed by atoms with E-state index in [0.717, 1.165) is 54.8 Å². The molecule has 3 heterocycles. The summed E-state index contributed by atoms with van der Waals surface area (Å²) in [5, 5.41) is 0. The number of rotatable bonds is 8. The second kappa shape index (κ2) is 8.97. The largest absolute Gasteiger partial charge is 0.488 e. The number of ether oxygens (including phenoxy) is 2. The first-order valence-corrected chi connectivity index (χ1v) is 10.7. The fourth-order valence-electron chi connectivity index (χ4n) is 4.73. The SMILES string of the molecule is N[C@@H](Cc1ccccc1)C(=O)O[C@H]1C[N+]2(CCOc3ccccc3)CCC1CC2. The number of nitrogens with zero attached hydrogens (tertiary/aromatic N) is 1. The molecule has 29 heavy (non-hydrogen) atoms. The van der Waals surface area contributed by atoms with Crippen LogP contribution in [0.25, 0.3) is 0 Å². The number of hydrogen-bond donors (Lipinski definition) is 1. The van der Waals surface area contributed by atoms with Crippen molar-refractivity contribution >= 4 is 5.97 Å². The van der Waals surface area contributed by atoms with Gasteiger partial charge in [-0.05, 0) is 24.1 Å². The second-order valence-corrected chi connectivity index (χ2v) is 8.47. The van der Waals surface area contributed by atoms with Crippen LogP contribution in [-0.2, 0) is 16.0 Å². The third-order valence-corrected chi connectivity index (χ3v) is 6.49. The average Bonchev–Trinajstić information content (AvgIpc) is 2.76. The molecule has 0 aliphatic carbocycles. The first-order valence-electron chi connectivity index (χ1n) is 10.7. The summed E-state index contributed by atoms with van der Waals surface area (Å²) < 4.78 is 12.8. The van der Waals surface area contributed by atoms with E-state index in [1.54, 1.807) is 0 Å². The summed E-state index contributed by atoms with van der Waals surface area (Å²) >= 11 is 0. The van der Waals surface area contributed by atoms with Crippen LogP contribution in [-0.4, -0.2) is 55.4 Å². The molecule has 5 heteroatoms. The number of carbonyl (C=O) groups excluding carboxylic acids is 1. The van der Waals surface area contributed by atoms with Crippen LogP contribution in [0.4, 0.5) is 0 Å². The Balaban J connectivity index is 1.30. The number of carbonyl (C=O) groups is 1. The van der Waals surface area contributed by atoms with Gasteiger partial charge in [0.1, 0.15) is 31.5 Å². The number of benzene rings is 2. The quantitative estimate of drug-likeness (QED) is 0.552. The monoisotopic (exact) mass is 395 g/mol. The predicted octanol–water partition coefficient (Wildman–Crippen LogP) is 2.79. The molecule has 3 aliphatic rings. The second-order valence-electron chi connectivity index (χ2n) is 8.47. The van der Waals surface area contributed by atoms with E-state index in [-0.39, 0.29) is 12.1 Å². The van der Waals surface area contributed by atoms with Crippen LogP contribution >= 0.6 is 0 Å². The molecule has 0 unspecified atom stereocenters. The van der Waals surface area contributed by atoms with Crippen molar-refractivity contribution in [2.75, 3.05) is 32.8 Å². The molecule has 0 aromatic heterocycles. The summed E-state index contributed by atoms with van der Waals surface area (Å²) in [7, 11) is 0. The van der Waals surface area contributed by atoms with Gasteiger partial charge in [-0.25, -0.2) is 0 Å². The number of esters is 1. The molecule has 5 nitrogen and oxygen atoms in total. The van der Waals surface area contributed by atoms with Gasteiger partial charge in [0.25, 0.3) is 0 Å². The first kappa shape index (κ1) is 19.9. The fraction of sp³-hybridized carbons (Fsp3) is 0.458. The maximum atomic E-state index is 12.6. The van der Waals surface area contributed by atoms with Crippen LogP contribution in [0.5, 0.6) is 5.75 Å². The van der Waals surface area contributed by atoms with E-state index >= 15 is 0 Å². The molecule has 5 rings (SSSR count). The van der Waals surface area contributed by atoms with Gasteiger partial charge in [0.15, 0.2) is 6.10 Å². The number of hydrogen-bond acceptors (Lipinski definition) is 4. The van der Waals surface area contributed by atoms with Crippen molar-refractivity contribution in [1.82, 2.24) is 0 Å². The van der Waals surface area contributed by atoms with E-state index < -0.39 is 6.04 Å².